The van der Waals surface area contributed by atoms with E-state index in [1.807, 2.05) is 30.9 Å². The second-order valence-electron chi connectivity index (χ2n) is 5.98. The van der Waals surface area contributed by atoms with Gasteiger partial charge in [-0.15, -0.1) is 12.4 Å². The Morgan fingerprint density at radius 1 is 1.15 bits per heavy atom. The van der Waals surface area contributed by atoms with Crippen LogP contribution in [0.5, 0.6) is 5.75 Å². The van der Waals surface area contributed by atoms with Crippen molar-refractivity contribution >= 4 is 35.2 Å². The summed E-state index contributed by atoms with van der Waals surface area (Å²) < 4.78 is 2.94. The number of fused-ring (bicyclic) bond motifs is 1. The molecule has 2 heterocycles. The Hall–Kier alpha value is -2.44. The molecular formula is C19H21Cl2N3O3. The Bertz CT molecular complexity index is 1070. The van der Waals surface area contributed by atoms with Crippen LogP contribution in [-0.4, -0.2) is 27.2 Å². The fourth-order valence-electron chi connectivity index (χ4n) is 3.04. The molecule has 0 spiro atoms. The van der Waals surface area contributed by atoms with Gasteiger partial charge in [0.2, 0.25) is 5.43 Å². The number of benzene rings is 1. The van der Waals surface area contributed by atoms with Crippen LogP contribution in [0.25, 0.3) is 5.52 Å². The van der Waals surface area contributed by atoms with Crippen molar-refractivity contribution in [1.82, 2.24) is 8.97 Å². The molecule has 144 valence electrons. The number of anilines is 1. The summed E-state index contributed by atoms with van der Waals surface area (Å²) in [6, 6.07) is 7.20. The van der Waals surface area contributed by atoms with Gasteiger partial charge in [0, 0.05) is 36.7 Å². The van der Waals surface area contributed by atoms with Crippen LogP contribution in [0.4, 0.5) is 5.69 Å². The molecule has 0 fully saturated rings. The van der Waals surface area contributed by atoms with E-state index in [1.54, 1.807) is 30.7 Å². The first-order chi connectivity index (χ1) is 12.5. The van der Waals surface area contributed by atoms with E-state index >= 15 is 0 Å². The van der Waals surface area contributed by atoms with Crippen LogP contribution < -0.4 is 15.9 Å². The predicted molar refractivity (Wildman–Crippen MR) is 111 cm³/mol. The average Bonchev–Trinajstić information content (AvgIpc) is 2.62. The molecule has 3 rings (SSSR count). The molecule has 1 N–H and O–H groups in total. The van der Waals surface area contributed by atoms with Crippen molar-refractivity contribution in [2.45, 2.75) is 20.4 Å². The minimum atomic E-state index is -0.536. The SMILES string of the molecule is CCN(CC)c1cn2ccn(Cc3cccc(Cl)c3)c(=O)c2c(O)c1=O.Cl. The first-order valence-electron chi connectivity index (χ1n) is 8.43. The standard InChI is InChI=1S/C19H20ClN3O3.ClH/c1-3-21(4-2)15-12-22-8-9-23(11-13-6-5-7-14(20)10-13)19(26)16(22)18(25)17(15)24;/h5-10,12,25H,3-4,11H2,1-2H3;1H. The van der Waals surface area contributed by atoms with Gasteiger partial charge in [0.1, 0.15) is 5.69 Å². The lowest BCUT2D eigenvalue weighted by Crippen LogP contribution is -2.30. The summed E-state index contributed by atoms with van der Waals surface area (Å²) in [6.07, 6.45) is 4.88. The molecule has 6 nitrogen and oxygen atoms in total. The summed E-state index contributed by atoms with van der Waals surface area (Å²) in [5.74, 6) is -0.528. The van der Waals surface area contributed by atoms with E-state index in [2.05, 4.69) is 0 Å². The molecule has 8 heteroatoms. The molecule has 0 aliphatic heterocycles. The molecule has 0 unspecified atom stereocenters. The Morgan fingerprint density at radius 3 is 2.48 bits per heavy atom. The summed E-state index contributed by atoms with van der Waals surface area (Å²) in [4.78, 5) is 27.2. The predicted octanol–water partition coefficient (Wildman–Crippen LogP) is 3.14. The van der Waals surface area contributed by atoms with E-state index in [1.165, 1.54) is 8.97 Å². The van der Waals surface area contributed by atoms with Crippen LogP contribution in [0, 0.1) is 0 Å². The van der Waals surface area contributed by atoms with Crippen molar-refractivity contribution < 1.29 is 5.11 Å². The summed E-state index contributed by atoms with van der Waals surface area (Å²) in [6.45, 7) is 5.41. The third-order valence-electron chi connectivity index (χ3n) is 4.41. The summed E-state index contributed by atoms with van der Waals surface area (Å²) in [5.41, 5.74) is 0.220. The van der Waals surface area contributed by atoms with Gasteiger partial charge in [-0.05, 0) is 31.5 Å². The lowest BCUT2D eigenvalue weighted by Gasteiger charge is -2.21. The highest BCUT2D eigenvalue weighted by Crippen LogP contribution is 2.17. The number of rotatable bonds is 5. The van der Waals surface area contributed by atoms with Gasteiger partial charge in [-0.3, -0.25) is 9.59 Å². The van der Waals surface area contributed by atoms with Crippen molar-refractivity contribution in [3.8, 4) is 5.75 Å². The van der Waals surface area contributed by atoms with Crippen molar-refractivity contribution in [2.75, 3.05) is 18.0 Å². The summed E-state index contributed by atoms with van der Waals surface area (Å²) >= 11 is 5.99. The van der Waals surface area contributed by atoms with E-state index in [0.29, 0.717) is 30.3 Å². The highest BCUT2D eigenvalue weighted by Gasteiger charge is 2.17. The van der Waals surface area contributed by atoms with Crippen LogP contribution in [0.2, 0.25) is 5.02 Å². The molecule has 27 heavy (non-hydrogen) atoms. The maximum Gasteiger partial charge on any atom is 0.279 e. The minimum Gasteiger partial charge on any atom is -0.502 e. The third kappa shape index (κ3) is 3.96. The molecule has 0 aliphatic rings. The highest BCUT2D eigenvalue weighted by atomic mass is 35.5. The van der Waals surface area contributed by atoms with Gasteiger partial charge in [-0.25, -0.2) is 0 Å². The van der Waals surface area contributed by atoms with Gasteiger partial charge in [-0.1, -0.05) is 23.7 Å². The van der Waals surface area contributed by atoms with E-state index in [-0.39, 0.29) is 17.9 Å². The Balaban J connectivity index is 0.00000261. The molecule has 3 aromatic rings. The number of nitrogens with zero attached hydrogens (tertiary/aromatic N) is 3. The van der Waals surface area contributed by atoms with Crippen molar-refractivity contribution in [2.24, 2.45) is 0 Å². The largest absolute Gasteiger partial charge is 0.502 e. The molecule has 0 amide bonds. The summed E-state index contributed by atoms with van der Waals surface area (Å²) in [7, 11) is 0. The molecular weight excluding hydrogens is 389 g/mol. The quantitative estimate of drug-likeness (QED) is 0.702. The second-order valence-corrected chi connectivity index (χ2v) is 6.42. The van der Waals surface area contributed by atoms with Gasteiger partial charge in [0.25, 0.3) is 5.56 Å². The summed E-state index contributed by atoms with van der Waals surface area (Å²) in [5, 5.41) is 11.0. The number of hydrogen-bond acceptors (Lipinski definition) is 4. The average molecular weight is 410 g/mol. The normalized spacial score (nSPS) is 10.6. The zero-order valence-electron chi connectivity index (χ0n) is 15.1. The molecule has 0 atom stereocenters. The number of halogens is 2. The van der Waals surface area contributed by atoms with E-state index in [9.17, 15) is 14.7 Å². The number of aromatic nitrogens is 2. The topological polar surface area (TPSA) is 66.9 Å². The lowest BCUT2D eigenvalue weighted by atomic mass is 10.2. The van der Waals surface area contributed by atoms with Crippen molar-refractivity contribution in [3.05, 3.63) is 74.0 Å². The van der Waals surface area contributed by atoms with Crippen LogP contribution in [0.15, 0.2) is 52.4 Å². The van der Waals surface area contributed by atoms with Crippen molar-refractivity contribution in [1.29, 1.82) is 0 Å². The van der Waals surface area contributed by atoms with Gasteiger partial charge in [-0.2, -0.15) is 0 Å². The molecule has 0 bridgehead atoms. The van der Waals surface area contributed by atoms with Gasteiger partial charge in [0.15, 0.2) is 11.3 Å². The number of hydrogen-bond donors (Lipinski definition) is 1. The second kappa shape index (κ2) is 8.50. The van der Waals surface area contributed by atoms with E-state index < -0.39 is 16.7 Å². The third-order valence-corrected chi connectivity index (χ3v) is 4.64. The molecule has 0 saturated heterocycles. The van der Waals surface area contributed by atoms with Crippen LogP contribution >= 0.6 is 24.0 Å². The monoisotopic (exact) mass is 409 g/mol. The van der Waals surface area contributed by atoms with Crippen LogP contribution in [-0.2, 0) is 6.54 Å². The Labute approximate surface area is 167 Å². The molecule has 0 saturated carbocycles. The number of aromatic hydroxyl groups is 1. The maximum atomic E-state index is 12.8. The Kier molecular flexibility index (Phi) is 6.57. The minimum absolute atomic E-state index is 0. The smallest absolute Gasteiger partial charge is 0.279 e. The van der Waals surface area contributed by atoms with Gasteiger partial charge >= 0.3 is 0 Å². The maximum absolute atomic E-state index is 12.8. The van der Waals surface area contributed by atoms with Crippen molar-refractivity contribution in [3.63, 3.8) is 0 Å². The molecule has 1 aromatic carbocycles. The lowest BCUT2D eigenvalue weighted by molar-refractivity contribution is 0.472. The van der Waals surface area contributed by atoms with Crippen LogP contribution in [0.3, 0.4) is 0 Å². The first-order valence-corrected chi connectivity index (χ1v) is 8.80. The fraction of sp³-hybridized carbons (Fsp3) is 0.263. The Morgan fingerprint density at radius 2 is 1.85 bits per heavy atom. The molecule has 0 radical (unpaired) electrons. The van der Waals surface area contributed by atoms with E-state index in [4.69, 9.17) is 11.6 Å². The van der Waals surface area contributed by atoms with Gasteiger partial charge in [0.05, 0.1) is 6.54 Å². The molecule has 2 aromatic heterocycles. The van der Waals surface area contributed by atoms with Gasteiger partial charge < -0.3 is 19.0 Å². The first kappa shape index (κ1) is 20.9. The highest BCUT2D eigenvalue weighted by molar-refractivity contribution is 6.30. The van der Waals surface area contributed by atoms with Crippen LogP contribution in [0.1, 0.15) is 19.4 Å². The zero-order valence-corrected chi connectivity index (χ0v) is 16.6. The fourth-order valence-corrected chi connectivity index (χ4v) is 3.25. The number of pyridine rings is 1. The van der Waals surface area contributed by atoms with E-state index in [0.717, 1.165) is 5.56 Å². The zero-order chi connectivity index (χ0) is 18.8. The molecule has 0 aliphatic carbocycles.